The summed E-state index contributed by atoms with van der Waals surface area (Å²) in [5.74, 6) is 0.391. The van der Waals surface area contributed by atoms with Gasteiger partial charge in [-0.05, 0) is 19.8 Å². The highest BCUT2D eigenvalue weighted by Gasteiger charge is 2.29. The van der Waals surface area contributed by atoms with Crippen molar-refractivity contribution in [2.45, 2.75) is 51.1 Å². The first kappa shape index (κ1) is 14.8. The average Bonchev–Trinajstić information content (AvgIpc) is 2.52. The summed E-state index contributed by atoms with van der Waals surface area (Å²) in [7, 11) is -2.96. The summed E-state index contributed by atoms with van der Waals surface area (Å²) in [6, 6.07) is 0.0805. The maximum atomic E-state index is 12.3. The molecule has 0 spiro atoms. The Bertz CT molecular complexity index is 422. The van der Waals surface area contributed by atoms with E-state index in [0.29, 0.717) is 13.0 Å². The van der Waals surface area contributed by atoms with Crippen LogP contribution in [-0.2, 0) is 14.6 Å². The Morgan fingerprint density at radius 2 is 2.11 bits per heavy atom. The molecule has 5 nitrogen and oxygen atoms in total. The van der Waals surface area contributed by atoms with Crippen LogP contribution >= 0.6 is 0 Å². The number of amides is 1. The van der Waals surface area contributed by atoms with Gasteiger partial charge in [-0.2, -0.15) is 0 Å². The van der Waals surface area contributed by atoms with E-state index in [1.807, 2.05) is 4.90 Å². The van der Waals surface area contributed by atoms with Crippen molar-refractivity contribution >= 4 is 15.7 Å². The molecule has 2 heterocycles. The summed E-state index contributed by atoms with van der Waals surface area (Å²) in [5, 5.41) is 3.15. The minimum Gasteiger partial charge on any atom is -0.340 e. The molecular formula is C13H24N2O3S. The second-order valence-electron chi connectivity index (χ2n) is 5.76. The maximum Gasteiger partial charge on any atom is 0.224 e. The highest BCUT2D eigenvalue weighted by molar-refractivity contribution is 7.91. The highest BCUT2D eigenvalue weighted by atomic mass is 32.2. The van der Waals surface area contributed by atoms with Crippen LogP contribution in [0, 0.1) is 0 Å². The first-order valence-electron chi connectivity index (χ1n) is 7.21. The quantitative estimate of drug-likeness (QED) is 0.806. The molecule has 0 saturated carbocycles. The largest absolute Gasteiger partial charge is 0.340 e. The van der Waals surface area contributed by atoms with Crippen LogP contribution in [0.5, 0.6) is 0 Å². The van der Waals surface area contributed by atoms with Crippen LogP contribution in [0.15, 0.2) is 0 Å². The first-order valence-corrected chi connectivity index (χ1v) is 9.03. The molecule has 0 radical (unpaired) electrons. The Morgan fingerprint density at radius 3 is 2.84 bits per heavy atom. The number of nitrogens with zero attached hydrogens (tertiary/aromatic N) is 1. The molecule has 2 saturated heterocycles. The van der Waals surface area contributed by atoms with E-state index in [2.05, 4.69) is 12.2 Å². The normalized spacial score (nSPS) is 31.7. The number of carbonyl (C=O) groups excluding carboxylic acids is 1. The Kier molecular flexibility index (Phi) is 4.84. The maximum absolute atomic E-state index is 12.3. The van der Waals surface area contributed by atoms with Gasteiger partial charge in [-0.1, -0.05) is 12.8 Å². The third-order valence-corrected chi connectivity index (χ3v) is 5.83. The van der Waals surface area contributed by atoms with E-state index in [1.165, 1.54) is 12.8 Å². The number of nitrogens with one attached hydrogen (secondary N) is 1. The number of sulfone groups is 1. The van der Waals surface area contributed by atoms with Crippen LogP contribution in [0.25, 0.3) is 0 Å². The number of hydrogen-bond donors (Lipinski definition) is 1. The van der Waals surface area contributed by atoms with Crippen molar-refractivity contribution in [1.29, 1.82) is 0 Å². The van der Waals surface area contributed by atoms with Gasteiger partial charge in [-0.15, -0.1) is 0 Å². The minimum atomic E-state index is -2.96. The Balaban J connectivity index is 1.92. The number of rotatable bonds is 2. The van der Waals surface area contributed by atoms with E-state index < -0.39 is 9.84 Å². The molecule has 110 valence electrons. The van der Waals surface area contributed by atoms with Gasteiger partial charge in [-0.25, -0.2) is 8.42 Å². The third kappa shape index (κ3) is 4.18. The minimum absolute atomic E-state index is 0.0982. The molecular weight excluding hydrogens is 264 g/mol. The van der Waals surface area contributed by atoms with Gasteiger partial charge in [0, 0.05) is 31.6 Å². The Morgan fingerprint density at radius 1 is 1.32 bits per heavy atom. The second-order valence-corrected chi connectivity index (χ2v) is 7.98. The second kappa shape index (κ2) is 6.22. The van der Waals surface area contributed by atoms with Gasteiger partial charge >= 0.3 is 0 Å². The van der Waals surface area contributed by atoms with Gasteiger partial charge in [0.25, 0.3) is 0 Å². The van der Waals surface area contributed by atoms with Crippen LogP contribution in [0.3, 0.4) is 0 Å². The standard InChI is InChI=1S/C13H24N2O3S/c1-11-5-3-2-4-7-15(11)13(16)9-12-10-19(17,18)8-6-14-12/h11-12,14H,2-10H2,1H3. The smallest absolute Gasteiger partial charge is 0.224 e. The summed E-state index contributed by atoms with van der Waals surface area (Å²) in [6.07, 6.45) is 4.80. The molecule has 2 rings (SSSR count). The van der Waals surface area contributed by atoms with Gasteiger partial charge < -0.3 is 10.2 Å². The van der Waals surface area contributed by atoms with E-state index in [0.717, 1.165) is 19.4 Å². The molecule has 19 heavy (non-hydrogen) atoms. The van der Waals surface area contributed by atoms with Crippen molar-refractivity contribution in [2.24, 2.45) is 0 Å². The predicted octanol–water partition coefficient (Wildman–Crippen LogP) is 0.554. The molecule has 0 aromatic heterocycles. The average molecular weight is 288 g/mol. The molecule has 6 heteroatoms. The summed E-state index contributed by atoms with van der Waals surface area (Å²) < 4.78 is 23.1. The van der Waals surface area contributed by atoms with Crippen LogP contribution < -0.4 is 5.32 Å². The van der Waals surface area contributed by atoms with Crippen molar-refractivity contribution in [3.63, 3.8) is 0 Å². The van der Waals surface area contributed by atoms with Crippen LogP contribution in [-0.4, -0.2) is 55.9 Å². The summed E-state index contributed by atoms with van der Waals surface area (Å²) in [5.41, 5.74) is 0. The lowest BCUT2D eigenvalue weighted by molar-refractivity contribution is -0.133. The van der Waals surface area contributed by atoms with Crippen molar-refractivity contribution in [2.75, 3.05) is 24.6 Å². The lowest BCUT2D eigenvalue weighted by Crippen LogP contribution is -2.49. The van der Waals surface area contributed by atoms with Gasteiger partial charge in [0.15, 0.2) is 9.84 Å². The molecule has 0 aromatic rings. The Hall–Kier alpha value is -0.620. The fourth-order valence-electron chi connectivity index (χ4n) is 2.97. The lowest BCUT2D eigenvalue weighted by atomic mass is 10.1. The fourth-order valence-corrected chi connectivity index (χ4v) is 4.42. The summed E-state index contributed by atoms with van der Waals surface area (Å²) >= 11 is 0. The van der Waals surface area contributed by atoms with E-state index in [1.54, 1.807) is 0 Å². The topological polar surface area (TPSA) is 66.5 Å². The predicted molar refractivity (Wildman–Crippen MR) is 74.7 cm³/mol. The van der Waals surface area contributed by atoms with Crippen LogP contribution in [0.4, 0.5) is 0 Å². The molecule has 0 aromatic carbocycles. The van der Waals surface area contributed by atoms with Gasteiger partial charge in [-0.3, -0.25) is 4.79 Å². The number of likely N-dealkylation sites (tertiary alicyclic amines) is 1. The zero-order valence-electron chi connectivity index (χ0n) is 11.6. The zero-order chi connectivity index (χ0) is 13.9. The molecule has 1 N–H and O–H groups in total. The number of hydrogen-bond acceptors (Lipinski definition) is 4. The highest BCUT2D eigenvalue weighted by Crippen LogP contribution is 2.18. The summed E-state index contributed by atoms with van der Waals surface area (Å²) in [6.45, 7) is 3.38. The third-order valence-electron chi connectivity index (χ3n) is 4.10. The lowest BCUT2D eigenvalue weighted by Gasteiger charge is -2.30. The molecule has 2 atom stereocenters. The molecule has 0 aliphatic carbocycles. The fraction of sp³-hybridized carbons (Fsp3) is 0.923. The molecule has 1 amide bonds. The zero-order valence-corrected chi connectivity index (χ0v) is 12.4. The van der Waals surface area contributed by atoms with Crippen LogP contribution in [0.2, 0.25) is 0 Å². The van der Waals surface area contributed by atoms with Crippen molar-refractivity contribution in [1.82, 2.24) is 10.2 Å². The molecule has 2 unspecified atom stereocenters. The van der Waals surface area contributed by atoms with Gasteiger partial charge in [0.2, 0.25) is 5.91 Å². The molecule has 2 fully saturated rings. The number of carbonyl (C=O) groups is 1. The van der Waals surface area contributed by atoms with Gasteiger partial charge in [0.1, 0.15) is 0 Å². The van der Waals surface area contributed by atoms with Crippen molar-refractivity contribution in [3.8, 4) is 0 Å². The van der Waals surface area contributed by atoms with Crippen molar-refractivity contribution in [3.05, 3.63) is 0 Å². The van der Waals surface area contributed by atoms with Gasteiger partial charge in [0.05, 0.1) is 11.5 Å². The molecule has 2 aliphatic heterocycles. The van der Waals surface area contributed by atoms with Crippen LogP contribution in [0.1, 0.15) is 39.0 Å². The molecule has 0 bridgehead atoms. The van der Waals surface area contributed by atoms with E-state index in [4.69, 9.17) is 0 Å². The summed E-state index contributed by atoms with van der Waals surface area (Å²) in [4.78, 5) is 14.3. The van der Waals surface area contributed by atoms with E-state index in [9.17, 15) is 13.2 Å². The van der Waals surface area contributed by atoms with Crippen molar-refractivity contribution < 1.29 is 13.2 Å². The molecule has 2 aliphatic rings. The SMILES string of the molecule is CC1CCCCCN1C(=O)CC1CS(=O)(=O)CCN1. The first-order chi connectivity index (χ1) is 8.98. The monoisotopic (exact) mass is 288 g/mol. The Labute approximate surface area is 115 Å². The van der Waals surface area contributed by atoms with E-state index in [-0.39, 0.29) is 29.5 Å². The van der Waals surface area contributed by atoms with E-state index >= 15 is 0 Å².